The van der Waals surface area contributed by atoms with E-state index in [9.17, 15) is 4.79 Å². The number of para-hydroxylation sites is 1. The molecule has 0 fully saturated rings. The van der Waals surface area contributed by atoms with Gasteiger partial charge in [0.25, 0.3) is 0 Å². The smallest absolute Gasteiger partial charge is 0.407 e. The van der Waals surface area contributed by atoms with Crippen LogP contribution in [0.25, 0.3) is 22.2 Å². The molecule has 0 spiro atoms. The maximum Gasteiger partial charge on any atom is 0.407 e. The van der Waals surface area contributed by atoms with Crippen LogP contribution in [0.15, 0.2) is 48.7 Å². The zero-order chi connectivity index (χ0) is 26.8. The summed E-state index contributed by atoms with van der Waals surface area (Å²) in [5.41, 5.74) is 12.3. The molecule has 0 saturated carbocycles. The number of nitrogens with two attached hydrogens (primary N) is 1. The highest BCUT2D eigenvalue weighted by molar-refractivity contribution is 5.97. The van der Waals surface area contributed by atoms with E-state index in [0.29, 0.717) is 49.4 Å². The van der Waals surface area contributed by atoms with Gasteiger partial charge in [0.05, 0.1) is 48.8 Å². The number of amides is 1. The van der Waals surface area contributed by atoms with Crippen molar-refractivity contribution in [2.45, 2.75) is 13.2 Å². The molecule has 2 aromatic carbocycles. The number of hydrogen-bond acceptors (Lipinski definition) is 8. The van der Waals surface area contributed by atoms with Crippen molar-refractivity contribution in [1.82, 2.24) is 19.4 Å². The summed E-state index contributed by atoms with van der Waals surface area (Å²) in [6.45, 7) is 2.81. The summed E-state index contributed by atoms with van der Waals surface area (Å²) in [5.74, 6) is 0.965. The third-order valence-corrected chi connectivity index (χ3v) is 6.79. The van der Waals surface area contributed by atoms with Crippen molar-refractivity contribution >= 4 is 40.0 Å². The van der Waals surface area contributed by atoms with E-state index in [1.165, 1.54) is 11.9 Å². The fourth-order valence-corrected chi connectivity index (χ4v) is 4.75. The Morgan fingerprint density at radius 1 is 1.24 bits per heavy atom. The number of fused-ring (bicyclic) bond motifs is 3. The molecule has 5 rings (SSSR count). The van der Waals surface area contributed by atoms with Crippen LogP contribution in [0, 0.1) is 0 Å². The third kappa shape index (κ3) is 4.75. The highest BCUT2D eigenvalue weighted by atomic mass is 16.5. The molecule has 1 aliphatic rings. The van der Waals surface area contributed by atoms with E-state index in [2.05, 4.69) is 27.0 Å². The molecule has 38 heavy (non-hydrogen) atoms. The number of carboxylic acid groups (broad SMARTS) is 1. The van der Waals surface area contributed by atoms with Crippen molar-refractivity contribution in [3.05, 3.63) is 54.4 Å². The normalized spacial score (nSPS) is 12.7. The van der Waals surface area contributed by atoms with Gasteiger partial charge in [0.15, 0.2) is 0 Å². The Hall–Kier alpha value is -4.51. The van der Waals surface area contributed by atoms with Crippen LogP contribution in [-0.4, -0.2) is 71.5 Å². The number of carbonyl (C=O) groups is 1. The van der Waals surface area contributed by atoms with E-state index in [-0.39, 0.29) is 0 Å². The molecule has 4 N–H and O–H groups in total. The summed E-state index contributed by atoms with van der Waals surface area (Å²) in [4.78, 5) is 23.5. The number of aromatic nitrogens is 3. The quantitative estimate of drug-likeness (QED) is 0.297. The van der Waals surface area contributed by atoms with E-state index in [1.807, 2.05) is 36.2 Å². The third-order valence-electron chi connectivity index (χ3n) is 6.79. The molecule has 1 amide bonds. The predicted molar refractivity (Wildman–Crippen MR) is 147 cm³/mol. The molecule has 3 heterocycles. The number of hydrogen-bond donors (Lipinski definition) is 3. The van der Waals surface area contributed by atoms with E-state index >= 15 is 0 Å². The average molecular weight is 518 g/mol. The molecule has 2 aromatic heterocycles. The van der Waals surface area contributed by atoms with Crippen LogP contribution in [0.4, 0.5) is 27.8 Å². The van der Waals surface area contributed by atoms with Crippen LogP contribution in [0.3, 0.4) is 0 Å². The second kappa shape index (κ2) is 10.5. The van der Waals surface area contributed by atoms with Crippen LogP contribution in [0.5, 0.6) is 5.75 Å². The number of anilines is 4. The Bertz CT molecular complexity index is 1490. The Morgan fingerprint density at radius 2 is 2.05 bits per heavy atom. The first kappa shape index (κ1) is 25.2. The van der Waals surface area contributed by atoms with Crippen molar-refractivity contribution < 1.29 is 19.4 Å². The van der Waals surface area contributed by atoms with Crippen LogP contribution in [0.1, 0.15) is 5.69 Å². The molecule has 11 heteroatoms. The van der Waals surface area contributed by atoms with Crippen molar-refractivity contribution in [2.24, 2.45) is 0 Å². The lowest BCUT2D eigenvalue weighted by Crippen LogP contribution is -2.34. The maximum absolute atomic E-state index is 11.1. The summed E-state index contributed by atoms with van der Waals surface area (Å²) in [5, 5.41) is 13.5. The van der Waals surface area contributed by atoms with Gasteiger partial charge in [0, 0.05) is 62.5 Å². The molecule has 0 bridgehead atoms. The van der Waals surface area contributed by atoms with Crippen molar-refractivity contribution in [3.8, 4) is 17.0 Å². The lowest BCUT2D eigenvalue weighted by molar-refractivity contribution is 0.0869. The van der Waals surface area contributed by atoms with Gasteiger partial charge in [-0.15, -0.1) is 0 Å². The number of likely N-dealkylation sites (N-methyl/N-ethyl adjacent to an activating group) is 2. The lowest BCUT2D eigenvalue weighted by atomic mass is 10.1. The second-order valence-corrected chi connectivity index (χ2v) is 9.17. The van der Waals surface area contributed by atoms with E-state index in [4.69, 9.17) is 25.3 Å². The van der Waals surface area contributed by atoms with Crippen molar-refractivity contribution in [2.75, 3.05) is 56.9 Å². The van der Waals surface area contributed by atoms with Gasteiger partial charge in [-0.05, 0) is 18.2 Å². The Labute approximate surface area is 220 Å². The summed E-state index contributed by atoms with van der Waals surface area (Å²) in [6, 6.07) is 13.8. The molecule has 0 atom stereocenters. The first-order chi connectivity index (χ1) is 18.4. The van der Waals surface area contributed by atoms with Gasteiger partial charge < -0.3 is 40.0 Å². The summed E-state index contributed by atoms with van der Waals surface area (Å²) in [7, 11) is 4.96. The first-order valence-corrected chi connectivity index (χ1v) is 12.3. The molecule has 0 aliphatic carbocycles. The van der Waals surface area contributed by atoms with Gasteiger partial charge in [0.2, 0.25) is 5.95 Å². The van der Waals surface area contributed by atoms with Gasteiger partial charge in [0.1, 0.15) is 5.75 Å². The number of nitrogens with one attached hydrogen (secondary N) is 1. The Morgan fingerprint density at radius 3 is 2.84 bits per heavy atom. The molecule has 0 radical (unpaired) electrons. The van der Waals surface area contributed by atoms with E-state index < -0.39 is 6.09 Å². The molecule has 198 valence electrons. The SMILES string of the molecule is COc1cc(N(C)CCN(C)C(=O)O)c(N)cc1Nc1nccc(-c2c3n(c4ccccc24)CCOC3)n1. The van der Waals surface area contributed by atoms with Crippen LogP contribution in [-0.2, 0) is 17.9 Å². The average Bonchev–Trinajstić information content (AvgIpc) is 3.26. The topological polar surface area (TPSA) is 131 Å². The van der Waals surface area contributed by atoms with Gasteiger partial charge in [-0.1, -0.05) is 18.2 Å². The molecule has 11 nitrogen and oxygen atoms in total. The predicted octanol–water partition coefficient (Wildman–Crippen LogP) is 4.01. The Kier molecular flexibility index (Phi) is 6.93. The molecular formula is C27H31N7O4. The van der Waals surface area contributed by atoms with Crippen LogP contribution >= 0.6 is 0 Å². The summed E-state index contributed by atoms with van der Waals surface area (Å²) < 4.78 is 13.7. The number of rotatable bonds is 8. The number of ether oxygens (including phenoxy) is 2. The minimum absolute atomic E-state index is 0.331. The van der Waals surface area contributed by atoms with Gasteiger partial charge in [-0.2, -0.15) is 0 Å². The summed E-state index contributed by atoms with van der Waals surface area (Å²) in [6.07, 6.45) is 0.747. The standard InChI is InChI=1S/C27H31N7O4/c1-32(10-11-33(2)27(35)36)22-15-24(37-3)20(14-18(22)28)31-26-29-9-8-19(30-26)25-17-6-4-5-7-21(17)34-12-13-38-16-23(25)34/h4-9,14-15H,10-13,16,28H2,1-3H3,(H,35,36)(H,29,30,31). The highest BCUT2D eigenvalue weighted by Crippen LogP contribution is 2.38. The zero-order valence-electron chi connectivity index (χ0n) is 21.6. The summed E-state index contributed by atoms with van der Waals surface area (Å²) >= 11 is 0. The molecular weight excluding hydrogens is 486 g/mol. The molecule has 0 unspecified atom stereocenters. The second-order valence-electron chi connectivity index (χ2n) is 9.17. The van der Waals surface area contributed by atoms with Gasteiger partial charge >= 0.3 is 6.09 Å². The maximum atomic E-state index is 11.1. The number of methoxy groups -OCH3 is 1. The van der Waals surface area contributed by atoms with Gasteiger partial charge in [-0.25, -0.2) is 14.8 Å². The number of nitrogen functional groups attached to an aromatic ring is 1. The van der Waals surface area contributed by atoms with Gasteiger partial charge in [-0.3, -0.25) is 0 Å². The van der Waals surface area contributed by atoms with Crippen molar-refractivity contribution in [3.63, 3.8) is 0 Å². The van der Waals surface area contributed by atoms with E-state index in [0.717, 1.165) is 40.1 Å². The number of benzene rings is 2. The van der Waals surface area contributed by atoms with Crippen LogP contribution < -0.4 is 20.7 Å². The monoisotopic (exact) mass is 517 g/mol. The van der Waals surface area contributed by atoms with Crippen molar-refractivity contribution in [1.29, 1.82) is 0 Å². The molecule has 0 saturated heterocycles. The first-order valence-electron chi connectivity index (χ1n) is 12.3. The minimum atomic E-state index is -0.980. The lowest BCUT2D eigenvalue weighted by Gasteiger charge is -2.25. The fraction of sp³-hybridized carbons (Fsp3) is 0.296. The fourth-order valence-electron chi connectivity index (χ4n) is 4.75. The largest absolute Gasteiger partial charge is 0.494 e. The zero-order valence-corrected chi connectivity index (χ0v) is 21.6. The van der Waals surface area contributed by atoms with Crippen LogP contribution in [0.2, 0.25) is 0 Å². The Balaban J connectivity index is 1.44. The number of nitrogens with zero attached hydrogens (tertiary/aromatic N) is 5. The minimum Gasteiger partial charge on any atom is -0.494 e. The molecule has 1 aliphatic heterocycles. The highest BCUT2D eigenvalue weighted by Gasteiger charge is 2.22. The molecule has 4 aromatic rings. The van der Waals surface area contributed by atoms with E-state index in [1.54, 1.807) is 19.4 Å².